The van der Waals surface area contributed by atoms with Crippen LogP contribution in [0.2, 0.25) is 0 Å². The molecule has 2 unspecified atom stereocenters. The van der Waals surface area contributed by atoms with Crippen molar-refractivity contribution < 1.29 is 0 Å². The number of aryl methyl sites for hydroxylation is 1. The molecule has 1 aliphatic rings. The maximum absolute atomic E-state index is 3.72. The van der Waals surface area contributed by atoms with E-state index >= 15 is 0 Å². The van der Waals surface area contributed by atoms with Gasteiger partial charge in [0, 0.05) is 12.6 Å². The summed E-state index contributed by atoms with van der Waals surface area (Å²) in [5.41, 5.74) is 3.00. The van der Waals surface area contributed by atoms with Crippen molar-refractivity contribution >= 4 is 0 Å². The molecular weight excluding hydrogens is 218 g/mol. The molecule has 0 radical (unpaired) electrons. The molecule has 100 valence electrons. The predicted molar refractivity (Wildman–Crippen MR) is 79.0 cm³/mol. The van der Waals surface area contributed by atoms with Gasteiger partial charge in [-0.2, -0.15) is 0 Å². The minimum atomic E-state index is 0.673. The molecule has 2 rings (SSSR count). The second-order valence-electron chi connectivity index (χ2n) is 5.91. The molecular formula is C17H27N. The quantitative estimate of drug-likeness (QED) is 0.756. The van der Waals surface area contributed by atoms with E-state index in [1.165, 1.54) is 31.2 Å². The first-order valence-corrected chi connectivity index (χ1v) is 7.51. The zero-order chi connectivity index (χ0) is 13.0. The first-order valence-electron chi connectivity index (χ1n) is 7.51. The lowest BCUT2D eigenvalue weighted by Gasteiger charge is -2.26. The lowest BCUT2D eigenvalue weighted by atomic mass is 9.82. The molecule has 1 N–H and O–H groups in total. The Balaban J connectivity index is 2.08. The molecule has 1 heteroatoms. The summed E-state index contributed by atoms with van der Waals surface area (Å²) in [5.74, 6) is 1.44. The van der Waals surface area contributed by atoms with Crippen LogP contribution in [0.1, 0.15) is 56.6 Å². The largest absolute Gasteiger partial charge is 0.313 e. The lowest BCUT2D eigenvalue weighted by Crippen LogP contribution is -2.27. The van der Waals surface area contributed by atoms with E-state index in [1.54, 1.807) is 5.56 Å². The first kappa shape index (κ1) is 13.6. The van der Waals surface area contributed by atoms with Gasteiger partial charge in [0.15, 0.2) is 0 Å². The van der Waals surface area contributed by atoms with Gasteiger partial charge in [-0.05, 0) is 42.7 Å². The third-order valence-corrected chi connectivity index (χ3v) is 4.22. The van der Waals surface area contributed by atoms with Crippen molar-refractivity contribution in [2.24, 2.45) is 5.92 Å². The third kappa shape index (κ3) is 3.58. The Bertz CT molecular complexity index is 368. The van der Waals surface area contributed by atoms with Crippen LogP contribution in [-0.2, 0) is 0 Å². The molecule has 1 saturated carbocycles. The average Bonchev–Trinajstić information content (AvgIpc) is 3.16. The second kappa shape index (κ2) is 6.38. The number of hydrogen-bond donors (Lipinski definition) is 1. The van der Waals surface area contributed by atoms with Crippen LogP contribution in [0, 0.1) is 12.8 Å². The van der Waals surface area contributed by atoms with E-state index in [2.05, 4.69) is 50.4 Å². The van der Waals surface area contributed by atoms with Crippen LogP contribution in [-0.4, -0.2) is 12.6 Å². The fraction of sp³-hybridized carbons (Fsp3) is 0.647. The lowest BCUT2D eigenvalue weighted by molar-refractivity contribution is 0.401. The van der Waals surface area contributed by atoms with Crippen LogP contribution in [0.15, 0.2) is 24.3 Å². The maximum Gasteiger partial charge on any atom is 0.00684 e. The molecule has 1 fully saturated rings. The van der Waals surface area contributed by atoms with Gasteiger partial charge in [-0.15, -0.1) is 0 Å². The molecule has 0 heterocycles. The van der Waals surface area contributed by atoms with Crippen LogP contribution < -0.4 is 5.32 Å². The molecule has 1 aromatic carbocycles. The second-order valence-corrected chi connectivity index (χ2v) is 5.91. The number of rotatable bonds is 7. The highest BCUT2D eigenvalue weighted by Crippen LogP contribution is 2.30. The molecule has 0 saturated heterocycles. The van der Waals surface area contributed by atoms with Crippen molar-refractivity contribution in [3.8, 4) is 0 Å². The van der Waals surface area contributed by atoms with Gasteiger partial charge in [0.1, 0.15) is 0 Å². The number of hydrogen-bond acceptors (Lipinski definition) is 1. The van der Waals surface area contributed by atoms with E-state index in [-0.39, 0.29) is 0 Å². The fourth-order valence-electron chi connectivity index (χ4n) is 2.86. The summed E-state index contributed by atoms with van der Waals surface area (Å²) in [6.07, 6.45) is 5.36. The van der Waals surface area contributed by atoms with Gasteiger partial charge < -0.3 is 5.32 Å². The molecule has 0 spiro atoms. The van der Waals surface area contributed by atoms with Crippen molar-refractivity contribution in [2.45, 2.75) is 58.4 Å². The van der Waals surface area contributed by atoms with Gasteiger partial charge >= 0.3 is 0 Å². The summed E-state index contributed by atoms with van der Waals surface area (Å²) in [4.78, 5) is 0. The highest BCUT2D eigenvalue weighted by molar-refractivity contribution is 5.30. The van der Waals surface area contributed by atoms with Crippen LogP contribution in [0.5, 0.6) is 0 Å². The van der Waals surface area contributed by atoms with Gasteiger partial charge in [-0.3, -0.25) is 0 Å². The molecule has 0 aromatic heterocycles. The monoisotopic (exact) mass is 245 g/mol. The minimum Gasteiger partial charge on any atom is -0.313 e. The SMILES string of the molecule is CCCC(C)C(CNC1CC1)c1ccccc1C. The summed E-state index contributed by atoms with van der Waals surface area (Å²) < 4.78 is 0. The molecule has 1 aliphatic carbocycles. The van der Waals surface area contributed by atoms with E-state index in [0.717, 1.165) is 18.5 Å². The molecule has 0 bridgehead atoms. The maximum atomic E-state index is 3.72. The zero-order valence-corrected chi connectivity index (χ0v) is 12.1. The molecule has 0 aliphatic heterocycles. The average molecular weight is 245 g/mol. The van der Waals surface area contributed by atoms with Gasteiger partial charge in [-0.25, -0.2) is 0 Å². The van der Waals surface area contributed by atoms with Gasteiger partial charge in [0.05, 0.1) is 0 Å². The van der Waals surface area contributed by atoms with E-state index in [4.69, 9.17) is 0 Å². The summed E-state index contributed by atoms with van der Waals surface area (Å²) in [6.45, 7) is 8.10. The Morgan fingerprint density at radius 2 is 2.00 bits per heavy atom. The van der Waals surface area contributed by atoms with Crippen molar-refractivity contribution in [1.29, 1.82) is 0 Å². The van der Waals surface area contributed by atoms with E-state index in [0.29, 0.717) is 5.92 Å². The Morgan fingerprint density at radius 1 is 1.28 bits per heavy atom. The molecule has 1 nitrogen and oxygen atoms in total. The number of benzene rings is 1. The van der Waals surface area contributed by atoms with Crippen molar-refractivity contribution in [3.05, 3.63) is 35.4 Å². The highest BCUT2D eigenvalue weighted by atomic mass is 14.9. The summed E-state index contributed by atoms with van der Waals surface area (Å²) in [7, 11) is 0. The Kier molecular flexibility index (Phi) is 4.82. The van der Waals surface area contributed by atoms with Crippen molar-refractivity contribution in [3.63, 3.8) is 0 Å². The predicted octanol–water partition coefficient (Wildman–Crippen LogP) is 4.27. The minimum absolute atomic E-state index is 0.673. The van der Waals surface area contributed by atoms with Gasteiger partial charge in [0.25, 0.3) is 0 Å². The summed E-state index contributed by atoms with van der Waals surface area (Å²) >= 11 is 0. The standard InChI is InChI=1S/C17H27N/c1-4-7-13(2)17(12-18-15-10-11-15)16-9-6-5-8-14(16)3/h5-6,8-9,13,15,17-18H,4,7,10-12H2,1-3H3. The van der Waals surface area contributed by atoms with Crippen molar-refractivity contribution in [1.82, 2.24) is 5.32 Å². The van der Waals surface area contributed by atoms with Crippen LogP contribution >= 0.6 is 0 Å². The van der Waals surface area contributed by atoms with E-state index in [9.17, 15) is 0 Å². The molecule has 1 aromatic rings. The van der Waals surface area contributed by atoms with Gasteiger partial charge in [-0.1, -0.05) is 51.0 Å². The van der Waals surface area contributed by atoms with Crippen LogP contribution in [0.3, 0.4) is 0 Å². The fourth-order valence-corrected chi connectivity index (χ4v) is 2.86. The normalized spacial score (nSPS) is 18.6. The zero-order valence-electron chi connectivity index (χ0n) is 12.1. The summed E-state index contributed by atoms with van der Waals surface area (Å²) in [5, 5.41) is 3.72. The van der Waals surface area contributed by atoms with E-state index in [1.807, 2.05) is 0 Å². The van der Waals surface area contributed by atoms with Gasteiger partial charge in [0.2, 0.25) is 0 Å². The Labute approximate surface area is 112 Å². The third-order valence-electron chi connectivity index (χ3n) is 4.22. The highest BCUT2D eigenvalue weighted by Gasteiger charge is 2.25. The first-order chi connectivity index (χ1) is 8.72. The van der Waals surface area contributed by atoms with Crippen molar-refractivity contribution in [2.75, 3.05) is 6.54 Å². The van der Waals surface area contributed by atoms with Crippen LogP contribution in [0.4, 0.5) is 0 Å². The topological polar surface area (TPSA) is 12.0 Å². The summed E-state index contributed by atoms with van der Waals surface area (Å²) in [6, 6.07) is 9.71. The Morgan fingerprint density at radius 3 is 2.61 bits per heavy atom. The molecule has 2 atom stereocenters. The smallest absolute Gasteiger partial charge is 0.00684 e. The Hall–Kier alpha value is -0.820. The number of nitrogens with one attached hydrogen (secondary N) is 1. The van der Waals surface area contributed by atoms with E-state index < -0.39 is 0 Å². The molecule has 18 heavy (non-hydrogen) atoms. The van der Waals surface area contributed by atoms with Crippen LogP contribution in [0.25, 0.3) is 0 Å². The molecule has 0 amide bonds.